The van der Waals surface area contributed by atoms with Gasteiger partial charge in [-0.05, 0) is 62.2 Å². The molecule has 1 atom stereocenters. The summed E-state index contributed by atoms with van der Waals surface area (Å²) < 4.78 is 22.2. The van der Waals surface area contributed by atoms with Gasteiger partial charge < -0.3 is 9.30 Å². The smallest absolute Gasteiger partial charge is 0.121 e. The van der Waals surface area contributed by atoms with Gasteiger partial charge in [-0.3, -0.25) is 9.21 Å². The van der Waals surface area contributed by atoms with Crippen LogP contribution >= 0.6 is 0 Å². The van der Waals surface area contributed by atoms with Crippen LogP contribution in [0.25, 0.3) is 22.2 Å². The summed E-state index contributed by atoms with van der Waals surface area (Å²) in [5, 5.41) is 10.9. The Morgan fingerprint density at radius 1 is 1.03 bits per heavy atom. The average molecular weight is 479 g/mol. The van der Waals surface area contributed by atoms with E-state index >= 15 is 0 Å². The molecule has 0 N–H and O–H groups in total. The van der Waals surface area contributed by atoms with E-state index in [1.54, 1.807) is 0 Å². The van der Waals surface area contributed by atoms with E-state index in [1.807, 2.05) is 67.7 Å². The predicted molar refractivity (Wildman–Crippen MR) is 141 cm³/mol. The first-order chi connectivity index (χ1) is 16.7. The molecule has 2 aliphatic heterocycles. The molecule has 0 bridgehead atoms. The van der Waals surface area contributed by atoms with Gasteiger partial charge in [0.1, 0.15) is 29.4 Å². The average Bonchev–Trinajstić information content (AvgIpc) is 3.61. The molecule has 1 aromatic heterocycles. The standard InChI is InChI=1S/C25H28N4O2S.C2H6/c1-27-24-17-21(31-15-14-28-11-2-3-12-28)9-10-22(24)23(18-26)25(27)19-5-7-20(8-6-19)29-13-4-16-32(29)30;1-2/h5-10,17H,2-4,11-16H2,1H3;1-2H3. The van der Waals surface area contributed by atoms with E-state index in [9.17, 15) is 9.47 Å². The minimum Gasteiger partial charge on any atom is -0.492 e. The Kier molecular flexibility index (Phi) is 7.91. The van der Waals surface area contributed by atoms with Crippen molar-refractivity contribution in [3.63, 3.8) is 0 Å². The number of fused-ring (bicyclic) bond motifs is 1. The van der Waals surface area contributed by atoms with Gasteiger partial charge in [-0.25, -0.2) is 4.21 Å². The van der Waals surface area contributed by atoms with Gasteiger partial charge in [0.25, 0.3) is 0 Å². The third kappa shape index (κ3) is 4.84. The van der Waals surface area contributed by atoms with E-state index in [2.05, 4.69) is 15.5 Å². The number of anilines is 1. The highest BCUT2D eigenvalue weighted by atomic mass is 32.2. The van der Waals surface area contributed by atoms with Crippen molar-refractivity contribution in [1.82, 2.24) is 9.47 Å². The Morgan fingerprint density at radius 2 is 1.76 bits per heavy atom. The van der Waals surface area contributed by atoms with Gasteiger partial charge in [0.05, 0.1) is 16.8 Å². The molecule has 34 heavy (non-hydrogen) atoms. The lowest BCUT2D eigenvalue weighted by molar-refractivity contribution is 0.238. The molecule has 0 saturated carbocycles. The number of aromatic nitrogens is 1. The number of rotatable bonds is 6. The molecule has 1 unspecified atom stereocenters. The van der Waals surface area contributed by atoms with Crippen LogP contribution in [0.5, 0.6) is 5.75 Å². The van der Waals surface area contributed by atoms with E-state index in [0.717, 1.165) is 58.9 Å². The topological polar surface area (TPSA) is 61.5 Å². The molecular weight excluding hydrogens is 444 g/mol. The molecule has 2 aliphatic rings. The first-order valence-electron chi connectivity index (χ1n) is 12.3. The summed E-state index contributed by atoms with van der Waals surface area (Å²) in [5.74, 6) is 1.56. The predicted octanol–water partition coefficient (Wildman–Crippen LogP) is 5.09. The van der Waals surface area contributed by atoms with Crippen molar-refractivity contribution >= 4 is 27.6 Å². The van der Waals surface area contributed by atoms with Crippen LogP contribution in [0.3, 0.4) is 0 Å². The van der Waals surface area contributed by atoms with Crippen molar-refractivity contribution < 1.29 is 8.95 Å². The van der Waals surface area contributed by atoms with Gasteiger partial charge in [0, 0.05) is 43.0 Å². The van der Waals surface area contributed by atoms with Crippen LogP contribution in [0.1, 0.15) is 38.7 Å². The second-order valence-corrected chi connectivity index (χ2v) is 9.99. The Morgan fingerprint density at radius 3 is 2.41 bits per heavy atom. The zero-order valence-electron chi connectivity index (χ0n) is 20.4. The molecule has 2 aromatic carbocycles. The van der Waals surface area contributed by atoms with Crippen molar-refractivity contribution in [2.24, 2.45) is 7.05 Å². The minimum atomic E-state index is -0.933. The van der Waals surface area contributed by atoms with Gasteiger partial charge >= 0.3 is 0 Å². The van der Waals surface area contributed by atoms with Gasteiger partial charge in [-0.1, -0.05) is 26.0 Å². The van der Waals surface area contributed by atoms with E-state index in [1.165, 1.54) is 25.9 Å². The molecule has 6 nitrogen and oxygen atoms in total. The van der Waals surface area contributed by atoms with E-state index in [-0.39, 0.29) is 0 Å². The number of hydrogen-bond donors (Lipinski definition) is 0. The normalized spacial score (nSPS) is 18.1. The summed E-state index contributed by atoms with van der Waals surface area (Å²) >= 11 is 0. The summed E-state index contributed by atoms with van der Waals surface area (Å²) in [6, 6.07) is 16.4. The zero-order chi connectivity index (χ0) is 24.1. The monoisotopic (exact) mass is 478 g/mol. The van der Waals surface area contributed by atoms with Crippen molar-refractivity contribution in [1.29, 1.82) is 5.26 Å². The molecule has 0 radical (unpaired) electrons. The highest BCUT2D eigenvalue weighted by Crippen LogP contribution is 2.35. The molecule has 0 amide bonds. The molecule has 5 rings (SSSR count). The van der Waals surface area contributed by atoms with Crippen LogP contribution in [0.4, 0.5) is 5.69 Å². The Bertz CT molecular complexity index is 1190. The van der Waals surface area contributed by atoms with Crippen LogP contribution in [-0.2, 0) is 18.0 Å². The summed E-state index contributed by atoms with van der Waals surface area (Å²) in [5.41, 5.74) is 4.50. The van der Waals surface area contributed by atoms with Crippen molar-refractivity contribution in [2.75, 3.05) is 42.8 Å². The minimum absolute atomic E-state index is 0.670. The lowest BCUT2D eigenvalue weighted by atomic mass is 10.1. The highest BCUT2D eigenvalue weighted by molar-refractivity contribution is 7.86. The molecule has 0 spiro atoms. The SMILES string of the molecule is CC.Cn1c(-c2ccc(N3CCCS3=O)cc2)c(C#N)c2ccc(OCCN3CCCC3)cc21. The maximum Gasteiger partial charge on any atom is 0.121 e. The molecule has 7 heteroatoms. The molecule has 3 aromatic rings. The summed E-state index contributed by atoms with van der Waals surface area (Å²) in [6.45, 7) is 8.79. The summed E-state index contributed by atoms with van der Waals surface area (Å²) in [7, 11) is 1.06. The molecular formula is C27H34N4O2S. The van der Waals surface area contributed by atoms with Crippen LogP contribution in [0.2, 0.25) is 0 Å². The van der Waals surface area contributed by atoms with Crippen LogP contribution in [0.15, 0.2) is 42.5 Å². The Hall–Kier alpha value is -2.82. The molecule has 2 fully saturated rings. The molecule has 3 heterocycles. The number of nitriles is 1. The first-order valence-corrected chi connectivity index (χ1v) is 13.6. The fraction of sp³-hybridized carbons (Fsp3) is 0.444. The highest BCUT2D eigenvalue weighted by Gasteiger charge is 2.22. The van der Waals surface area contributed by atoms with Crippen LogP contribution in [0, 0.1) is 11.3 Å². The Labute approximate surface area is 205 Å². The van der Waals surface area contributed by atoms with Crippen molar-refractivity contribution in [3.05, 3.63) is 48.0 Å². The summed E-state index contributed by atoms with van der Waals surface area (Å²) in [6.07, 6.45) is 3.52. The maximum absolute atomic E-state index is 12.2. The van der Waals surface area contributed by atoms with Gasteiger partial charge in [-0.2, -0.15) is 5.26 Å². The van der Waals surface area contributed by atoms with Crippen LogP contribution < -0.4 is 9.04 Å². The number of aryl methyl sites for hydroxylation is 1. The first kappa shape index (κ1) is 24.3. The second kappa shape index (κ2) is 11.1. The third-order valence-corrected chi connectivity index (χ3v) is 8.04. The molecule has 180 valence electrons. The number of ether oxygens (including phenoxy) is 1. The van der Waals surface area contributed by atoms with Gasteiger partial charge in [0.2, 0.25) is 0 Å². The van der Waals surface area contributed by atoms with Gasteiger partial charge in [-0.15, -0.1) is 0 Å². The number of likely N-dealkylation sites (tertiary alicyclic amines) is 1. The second-order valence-electron chi connectivity index (χ2n) is 8.50. The zero-order valence-corrected chi connectivity index (χ0v) is 21.2. The maximum atomic E-state index is 12.2. The van der Waals surface area contributed by atoms with Crippen molar-refractivity contribution in [3.8, 4) is 23.1 Å². The molecule has 0 aliphatic carbocycles. The molecule has 2 saturated heterocycles. The largest absolute Gasteiger partial charge is 0.492 e. The number of benzene rings is 2. The number of hydrogen-bond acceptors (Lipinski definition) is 4. The quantitative estimate of drug-likeness (QED) is 0.495. The number of nitrogens with zero attached hydrogens (tertiary/aromatic N) is 4. The fourth-order valence-corrected chi connectivity index (χ4v) is 6.12. The Balaban J connectivity index is 0.00000133. The van der Waals surface area contributed by atoms with E-state index in [0.29, 0.717) is 12.2 Å². The lowest BCUT2D eigenvalue weighted by Gasteiger charge is -2.16. The van der Waals surface area contributed by atoms with E-state index in [4.69, 9.17) is 4.74 Å². The lowest BCUT2D eigenvalue weighted by Crippen LogP contribution is -2.25. The fourth-order valence-electron chi connectivity index (χ4n) is 4.83. The van der Waals surface area contributed by atoms with Crippen LogP contribution in [-0.4, -0.2) is 52.2 Å². The summed E-state index contributed by atoms with van der Waals surface area (Å²) in [4.78, 5) is 2.44. The van der Waals surface area contributed by atoms with Crippen molar-refractivity contribution in [2.45, 2.75) is 33.1 Å². The third-order valence-electron chi connectivity index (χ3n) is 6.51. The van der Waals surface area contributed by atoms with Gasteiger partial charge in [0.15, 0.2) is 0 Å². The van der Waals surface area contributed by atoms with E-state index < -0.39 is 11.0 Å².